The number of para-hydroxylation sites is 1. The summed E-state index contributed by atoms with van der Waals surface area (Å²) in [6, 6.07) is 17.3. The fourth-order valence-electron chi connectivity index (χ4n) is 3.22. The largest absolute Gasteiger partial charge is 0.454 e. The molecule has 1 aromatic heterocycles. The van der Waals surface area contributed by atoms with Crippen molar-refractivity contribution in [1.29, 1.82) is 0 Å². The van der Waals surface area contributed by atoms with E-state index in [0.29, 0.717) is 12.1 Å². The van der Waals surface area contributed by atoms with E-state index in [0.717, 1.165) is 11.1 Å². The molecule has 2 aromatic carbocycles. The summed E-state index contributed by atoms with van der Waals surface area (Å²) in [5, 5.41) is 17.8. The Balaban J connectivity index is 1.57. The van der Waals surface area contributed by atoms with E-state index in [1.54, 1.807) is 6.07 Å². The van der Waals surface area contributed by atoms with E-state index in [1.165, 1.54) is 18.5 Å². The summed E-state index contributed by atoms with van der Waals surface area (Å²) in [4.78, 5) is 34.9. The van der Waals surface area contributed by atoms with Crippen LogP contribution < -0.4 is 5.32 Å². The molecule has 0 atom stereocenters. The highest BCUT2D eigenvalue weighted by atomic mass is 16.6. The second-order valence-corrected chi connectivity index (χ2v) is 6.96. The SMILES string of the molecule is Cc1nn(CC(=O)OCC(=O)Nc2ccccc2Cc2ccccc2)c(C)c1[N+](=O)[O-]. The molecule has 9 nitrogen and oxygen atoms in total. The number of benzene rings is 2. The molecule has 0 saturated heterocycles. The van der Waals surface area contributed by atoms with E-state index in [1.807, 2.05) is 48.5 Å². The summed E-state index contributed by atoms with van der Waals surface area (Å²) in [6.45, 7) is 2.20. The van der Waals surface area contributed by atoms with E-state index in [-0.39, 0.29) is 23.6 Å². The molecule has 0 aliphatic carbocycles. The van der Waals surface area contributed by atoms with Gasteiger partial charge in [-0.15, -0.1) is 0 Å². The van der Waals surface area contributed by atoms with Crippen LogP contribution in [0.5, 0.6) is 0 Å². The number of hydrogen-bond donors (Lipinski definition) is 1. The van der Waals surface area contributed by atoms with Crippen molar-refractivity contribution in [2.75, 3.05) is 11.9 Å². The smallest absolute Gasteiger partial charge is 0.328 e. The zero-order chi connectivity index (χ0) is 22.4. The van der Waals surface area contributed by atoms with Gasteiger partial charge in [0.2, 0.25) is 0 Å². The number of ether oxygens (including phenoxy) is 1. The Morgan fingerprint density at radius 2 is 1.77 bits per heavy atom. The van der Waals surface area contributed by atoms with Crippen molar-refractivity contribution < 1.29 is 19.2 Å². The van der Waals surface area contributed by atoms with Crippen molar-refractivity contribution >= 4 is 23.3 Å². The Morgan fingerprint density at radius 3 is 2.45 bits per heavy atom. The second-order valence-electron chi connectivity index (χ2n) is 6.96. The molecular formula is C22H22N4O5. The van der Waals surface area contributed by atoms with E-state index in [9.17, 15) is 19.7 Å². The summed E-state index contributed by atoms with van der Waals surface area (Å²) >= 11 is 0. The molecule has 0 unspecified atom stereocenters. The van der Waals surface area contributed by atoms with Gasteiger partial charge in [0.1, 0.15) is 17.9 Å². The molecule has 0 bridgehead atoms. The zero-order valence-corrected chi connectivity index (χ0v) is 17.2. The number of aryl methyl sites for hydroxylation is 1. The van der Waals surface area contributed by atoms with Gasteiger partial charge in [-0.25, -0.2) is 0 Å². The lowest BCUT2D eigenvalue weighted by Crippen LogP contribution is -2.24. The first kappa shape index (κ1) is 21.7. The highest BCUT2D eigenvalue weighted by molar-refractivity contribution is 5.93. The van der Waals surface area contributed by atoms with Crippen molar-refractivity contribution in [2.24, 2.45) is 0 Å². The Bertz CT molecular complexity index is 1110. The maximum atomic E-state index is 12.3. The third-order valence-electron chi connectivity index (χ3n) is 4.70. The Hall–Kier alpha value is -4.01. The van der Waals surface area contributed by atoms with Crippen LogP contribution in [0.3, 0.4) is 0 Å². The Morgan fingerprint density at radius 1 is 1.10 bits per heavy atom. The van der Waals surface area contributed by atoms with Gasteiger partial charge in [0.15, 0.2) is 6.61 Å². The van der Waals surface area contributed by atoms with Crippen molar-refractivity contribution in [3.05, 3.63) is 87.2 Å². The number of nitro groups is 1. The third-order valence-corrected chi connectivity index (χ3v) is 4.70. The molecule has 0 radical (unpaired) electrons. The van der Waals surface area contributed by atoms with Gasteiger partial charge >= 0.3 is 11.7 Å². The molecule has 160 valence electrons. The minimum Gasteiger partial charge on any atom is -0.454 e. The van der Waals surface area contributed by atoms with Gasteiger partial charge in [0.05, 0.1) is 4.92 Å². The van der Waals surface area contributed by atoms with Gasteiger partial charge in [0.25, 0.3) is 5.91 Å². The lowest BCUT2D eigenvalue weighted by Gasteiger charge is -2.12. The van der Waals surface area contributed by atoms with Gasteiger partial charge in [-0.05, 0) is 37.5 Å². The van der Waals surface area contributed by atoms with E-state index in [4.69, 9.17) is 4.74 Å². The van der Waals surface area contributed by atoms with Crippen molar-refractivity contribution in [1.82, 2.24) is 9.78 Å². The molecule has 3 rings (SSSR count). The van der Waals surface area contributed by atoms with Crippen LogP contribution in [0.25, 0.3) is 0 Å². The predicted octanol–water partition coefficient (Wildman–Crippen LogP) is 3.18. The lowest BCUT2D eigenvalue weighted by atomic mass is 10.0. The zero-order valence-electron chi connectivity index (χ0n) is 17.2. The minimum absolute atomic E-state index is 0.138. The maximum Gasteiger partial charge on any atom is 0.328 e. The number of aromatic nitrogens is 2. The summed E-state index contributed by atoms with van der Waals surface area (Å²) in [5.74, 6) is -1.19. The monoisotopic (exact) mass is 422 g/mol. The summed E-state index contributed by atoms with van der Waals surface area (Å²) < 4.78 is 6.22. The van der Waals surface area contributed by atoms with Gasteiger partial charge in [-0.1, -0.05) is 48.5 Å². The van der Waals surface area contributed by atoms with Crippen LogP contribution in [0, 0.1) is 24.0 Å². The third kappa shape index (κ3) is 5.53. The molecule has 3 aromatic rings. The number of nitrogens with one attached hydrogen (secondary N) is 1. The maximum absolute atomic E-state index is 12.3. The number of nitrogens with zero attached hydrogens (tertiary/aromatic N) is 3. The van der Waals surface area contributed by atoms with E-state index in [2.05, 4.69) is 10.4 Å². The molecule has 1 amide bonds. The molecule has 9 heteroatoms. The minimum atomic E-state index is -0.715. The van der Waals surface area contributed by atoms with Crippen LogP contribution in [0.4, 0.5) is 11.4 Å². The molecule has 31 heavy (non-hydrogen) atoms. The van der Waals surface area contributed by atoms with Crippen LogP contribution in [-0.4, -0.2) is 33.2 Å². The molecule has 1 N–H and O–H groups in total. The van der Waals surface area contributed by atoms with Crippen LogP contribution in [0.1, 0.15) is 22.5 Å². The summed E-state index contributed by atoms with van der Waals surface area (Å²) in [5.41, 5.74) is 3.00. The number of carbonyl (C=O) groups excluding carboxylic acids is 2. The Labute approximate surface area is 178 Å². The van der Waals surface area contributed by atoms with Gasteiger partial charge in [0, 0.05) is 5.69 Å². The average Bonchev–Trinajstić information content (AvgIpc) is 3.01. The van der Waals surface area contributed by atoms with Crippen molar-refractivity contribution in [3.63, 3.8) is 0 Å². The van der Waals surface area contributed by atoms with Crippen LogP contribution in [0.15, 0.2) is 54.6 Å². The first-order chi connectivity index (χ1) is 14.8. The van der Waals surface area contributed by atoms with Gasteiger partial charge in [-0.3, -0.25) is 24.4 Å². The second kappa shape index (κ2) is 9.66. The Kier molecular flexibility index (Phi) is 6.76. The first-order valence-electron chi connectivity index (χ1n) is 9.61. The van der Waals surface area contributed by atoms with Gasteiger partial charge in [-0.2, -0.15) is 5.10 Å². The highest BCUT2D eigenvalue weighted by Gasteiger charge is 2.23. The number of rotatable bonds is 8. The fraction of sp³-hybridized carbons (Fsp3) is 0.227. The molecule has 0 fully saturated rings. The predicted molar refractivity (Wildman–Crippen MR) is 114 cm³/mol. The number of carbonyl (C=O) groups is 2. The highest BCUT2D eigenvalue weighted by Crippen LogP contribution is 2.22. The quantitative estimate of drug-likeness (QED) is 0.339. The van der Waals surface area contributed by atoms with Gasteiger partial charge < -0.3 is 10.1 Å². The summed E-state index contributed by atoms with van der Waals surface area (Å²) in [7, 11) is 0. The van der Waals surface area contributed by atoms with E-state index < -0.39 is 23.4 Å². The molecule has 0 spiro atoms. The lowest BCUT2D eigenvalue weighted by molar-refractivity contribution is -0.386. The fourth-order valence-corrected chi connectivity index (χ4v) is 3.22. The number of hydrogen-bond acceptors (Lipinski definition) is 6. The normalized spacial score (nSPS) is 10.5. The molecule has 1 heterocycles. The molecular weight excluding hydrogens is 400 g/mol. The molecule has 0 saturated carbocycles. The van der Waals surface area contributed by atoms with E-state index >= 15 is 0 Å². The van der Waals surface area contributed by atoms with Crippen LogP contribution in [0.2, 0.25) is 0 Å². The van der Waals surface area contributed by atoms with Crippen LogP contribution in [-0.2, 0) is 27.3 Å². The molecule has 0 aliphatic heterocycles. The topological polar surface area (TPSA) is 116 Å². The first-order valence-corrected chi connectivity index (χ1v) is 9.61. The molecule has 0 aliphatic rings. The summed E-state index contributed by atoms with van der Waals surface area (Å²) in [6.07, 6.45) is 0.647. The average molecular weight is 422 g/mol. The number of amides is 1. The number of esters is 1. The van der Waals surface area contributed by atoms with Crippen molar-refractivity contribution in [2.45, 2.75) is 26.8 Å². The number of anilines is 1. The van der Waals surface area contributed by atoms with Crippen LogP contribution >= 0.6 is 0 Å². The van der Waals surface area contributed by atoms with Crippen molar-refractivity contribution in [3.8, 4) is 0 Å². The standard InChI is InChI=1S/C22H22N4O5/c1-15-22(26(29)30)16(2)25(24-15)13-21(28)31-14-20(27)23-19-11-7-6-10-18(19)12-17-8-4-3-5-9-17/h3-11H,12-14H2,1-2H3,(H,23,27).